The van der Waals surface area contributed by atoms with Crippen LogP contribution in [0.2, 0.25) is 0 Å². The minimum Gasteiger partial charge on any atom is -0.466 e. The van der Waals surface area contributed by atoms with Crippen molar-refractivity contribution in [3.05, 3.63) is 23.8 Å². The standard InChI is InChI=1S/C16H14F5N3O4/c1-3-27-13(25)10-11(12(17)18)22-23-15(10)8-6-7(28-16(19,20)21)4-5-9(8)24(2)14(15)26/h4-6,10-12H,3H2,1-2H3. The van der Waals surface area contributed by atoms with E-state index in [1.807, 2.05) is 0 Å². The molecule has 2 aliphatic rings. The molecule has 1 aromatic carbocycles. The molecule has 28 heavy (non-hydrogen) atoms. The summed E-state index contributed by atoms with van der Waals surface area (Å²) in [5.74, 6) is -4.54. The highest BCUT2D eigenvalue weighted by Crippen LogP contribution is 2.53. The first-order valence-electron chi connectivity index (χ1n) is 8.08. The van der Waals surface area contributed by atoms with Gasteiger partial charge in [0.25, 0.3) is 12.3 Å². The normalized spacial score (nSPS) is 26.3. The summed E-state index contributed by atoms with van der Waals surface area (Å²) >= 11 is 0. The Morgan fingerprint density at radius 2 is 2.04 bits per heavy atom. The van der Waals surface area contributed by atoms with E-state index in [4.69, 9.17) is 4.74 Å². The largest absolute Gasteiger partial charge is 0.573 e. The van der Waals surface area contributed by atoms with Crippen LogP contribution in [-0.4, -0.2) is 44.4 Å². The van der Waals surface area contributed by atoms with Crippen LogP contribution in [0.1, 0.15) is 12.5 Å². The molecule has 3 rings (SSSR count). The van der Waals surface area contributed by atoms with Crippen molar-refractivity contribution in [1.29, 1.82) is 0 Å². The van der Waals surface area contributed by atoms with Crippen molar-refractivity contribution in [2.75, 3.05) is 18.6 Å². The average molecular weight is 407 g/mol. The summed E-state index contributed by atoms with van der Waals surface area (Å²) in [5, 5.41) is 7.09. The number of carbonyl (C=O) groups excluding carboxylic acids is 2. The lowest BCUT2D eigenvalue weighted by molar-refractivity contribution is -0.274. The minimum absolute atomic E-state index is 0.0997. The smallest absolute Gasteiger partial charge is 0.466 e. The summed E-state index contributed by atoms with van der Waals surface area (Å²) in [6, 6.07) is 0.986. The molecule has 0 fully saturated rings. The van der Waals surface area contributed by atoms with Crippen molar-refractivity contribution in [1.82, 2.24) is 0 Å². The molecule has 152 valence electrons. The Balaban J connectivity index is 2.17. The van der Waals surface area contributed by atoms with Gasteiger partial charge in [0, 0.05) is 18.3 Å². The third-order valence-electron chi connectivity index (χ3n) is 4.54. The Morgan fingerprint density at radius 3 is 2.61 bits per heavy atom. The third kappa shape index (κ3) is 2.96. The molecule has 2 aliphatic heterocycles. The van der Waals surface area contributed by atoms with Crippen molar-refractivity contribution < 1.29 is 41.0 Å². The van der Waals surface area contributed by atoms with E-state index in [1.165, 1.54) is 14.0 Å². The lowest BCUT2D eigenvalue weighted by Gasteiger charge is -2.27. The van der Waals surface area contributed by atoms with Gasteiger partial charge in [-0.1, -0.05) is 0 Å². The van der Waals surface area contributed by atoms with E-state index in [0.717, 1.165) is 23.1 Å². The van der Waals surface area contributed by atoms with Crippen LogP contribution < -0.4 is 9.64 Å². The number of anilines is 1. The van der Waals surface area contributed by atoms with E-state index in [-0.39, 0.29) is 17.9 Å². The van der Waals surface area contributed by atoms with Gasteiger partial charge >= 0.3 is 12.3 Å². The van der Waals surface area contributed by atoms with E-state index in [1.54, 1.807) is 0 Å². The second-order valence-electron chi connectivity index (χ2n) is 6.13. The number of azo groups is 1. The first-order chi connectivity index (χ1) is 13.0. The lowest BCUT2D eigenvalue weighted by atomic mass is 9.76. The number of ether oxygens (including phenoxy) is 2. The number of carbonyl (C=O) groups is 2. The topological polar surface area (TPSA) is 80.6 Å². The van der Waals surface area contributed by atoms with Gasteiger partial charge in [-0.15, -0.1) is 13.2 Å². The summed E-state index contributed by atoms with van der Waals surface area (Å²) in [5.41, 5.74) is -2.34. The van der Waals surface area contributed by atoms with Crippen LogP contribution in [-0.2, 0) is 19.9 Å². The maximum atomic E-state index is 13.5. The number of alkyl halides is 5. The number of halogens is 5. The molecule has 0 bridgehead atoms. The molecule has 1 amide bonds. The Kier molecular flexibility index (Phi) is 4.76. The molecule has 1 aromatic rings. The van der Waals surface area contributed by atoms with Crippen molar-refractivity contribution in [2.24, 2.45) is 16.1 Å². The van der Waals surface area contributed by atoms with Crippen molar-refractivity contribution in [3.63, 3.8) is 0 Å². The van der Waals surface area contributed by atoms with Gasteiger partial charge in [-0.3, -0.25) is 9.59 Å². The first-order valence-corrected chi connectivity index (χ1v) is 8.08. The van der Waals surface area contributed by atoms with Crippen molar-refractivity contribution in [2.45, 2.75) is 31.3 Å². The number of benzene rings is 1. The highest BCUT2D eigenvalue weighted by Gasteiger charge is 2.66. The van der Waals surface area contributed by atoms with Gasteiger partial charge in [0.05, 0.1) is 6.61 Å². The van der Waals surface area contributed by atoms with Gasteiger partial charge in [0.1, 0.15) is 17.7 Å². The zero-order chi connectivity index (χ0) is 20.9. The molecule has 0 N–H and O–H groups in total. The van der Waals surface area contributed by atoms with Crippen LogP contribution in [0.5, 0.6) is 5.75 Å². The summed E-state index contributed by atoms with van der Waals surface area (Å²) in [7, 11) is 1.29. The zero-order valence-electron chi connectivity index (χ0n) is 14.5. The van der Waals surface area contributed by atoms with E-state index >= 15 is 0 Å². The van der Waals surface area contributed by atoms with Crippen LogP contribution in [0.4, 0.5) is 27.6 Å². The van der Waals surface area contributed by atoms with E-state index in [9.17, 15) is 31.5 Å². The second-order valence-corrected chi connectivity index (χ2v) is 6.13. The molecule has 0 radical (unpaired) electrons. The van der Waals surface area contributed by atoms with Crippen LogP contribution in [0.25, 0.3) is 0 Å². The molecule has 12 heteroatoms. The number of amides is 1. The zero-order valence-corrected chi connectivity index (χ0v) is 14.5. The fourth-order valence-corrected chi connectivity index (χ4v) is 3.46. The maximum Gasteiger partial charge on any atom is 0.573 e. The van der Waals surface area contributed by atoms with Crippen molar-refractivity contribution >= 4 is 17.6 Å². The van der Waals surface area contributed by atoms with Crippen LogP contribution in [0, 0.1) is 5.92 Å². The molecule has 7 nitrogen and oxygen atoms in total. The Bertz CT molecular complexity index is 844. The second kappa shape index (κ2) is 6.67. The SMILES string of the molecule is CCOC(=O)C1C(C(F)F)N=NC12C(=O)N(C)c1ccc(OC(F)(F)F)cc12. The lowest BCUT2D eigenvalue weighted by Crippen LogP contribution is -2.49. The molecular formula is C16H14F5N3O4. The Labute approximate surface area is 155 Å². The number of esters is 1. The maximum absolute atomic E-state index is 13.5. The molecule has 0 aliphatic carbocycles. The van der Waals surface area contributed by atoms with Gasteiger partial charge in [-0.2, -0.15) is 10.2 Å². The minimum atomic E-state index is -5.01. The highest BCUT2D eigenvalue weighted by atomic mass is 19.4. The molecule has 0 aromatic heterocycles. The Morgan fingerprint density at radius 1 is 1.36 bits per heavy atom. The number of nitrogens with zero attached hydrogens (tertiary/aromatic N) is 3. The summed E-state index contributed by atoms with van der Waals surface area (Å²) in [6.07, 6.45) is -8.16. The summed E-state index contributed by atoms with van der Waals surface area (Å²) < 4.78 is 73.3. The van der Waals surface area contributed by atoms with Crippen molar-refractivity contribution in [3.8, 4) is 5.75 Å². The summed E-state index contributed by atoms with van der Waals surface area (Å²) in [4.78, 5) is 26.4. The van der Waals surface area contributed by atoms with Crippen LogP contribution >= 0.6 is 0 Å². The van der Waals surface area contributed by atoms with Gasteiger partial charge in [0.15, 0.2) is 0 Å². The third-order valence-corrected chi connectivity index (χ3v) is 4.54. The van der Waals surface area contributed by atoms with E-state index in [2.05, 4.69) is 15.0 Å². The van der Waals surface area contributed by atoms with Gasteiger partial charge in [-0.05, 0) is 25.1 Å². The molecule has 1 spiro atoms. The number of rotatable bonds is 4. The van der Waals surface area contributed by atoms with Crippen LogP contribution in [0.3, 0.4) is 0 Å². The number of likely N-dealkylation sites (N-methyl/N-ethyl adjacent to an activating group) is 1. The predicted molar refractivity (Wildman–Crippen MR) is 83.0 cm³/mol. The summed E-state index contributed by atoms with van der Waals surface area (Å²) in [6.45, 7) is 1.28. The van der Waals surface area contributed by atoms with E-state index < -0.39 is 47.9 Å². The predicted octanol–water partition coefficient (Wildman–Crippen LogP) is 3.04. The van der Waals surface area contributed by atoms with Crippen LogP contribution in [0.15, 0.2) is 28.4 Å². The fourth-order valence-electron chi connectivity index (χ4n) is 3.46. The van der Waals surface area contributed by atoms with Gasteiger partial charge in [-0.25, -0.2) is 8.78 Å². The number of hydrogen-bond acceptors (Lipinski definition) is 6. The number of fused-ring (bicyclic) bond motifs is 2. The Hall–Kier alpha value is -2.79. The molecule has 2 heterocycles. The number of hydrogen-bond donors (Lipinski definition) is 0. The first kappa shape index (κ1) is 20.0. The molecule has 0 saturated heterocycles. The quantitative estimate of drug-likeness (QED) is 0.568. The van der Waals surface area contributed by atoms with E-state index in [0.29, 0.717) is 0 Å². The molecular weight excluding hydrogens is 393 g/mol. The molecule has 0 saturated carbocycles. The fraction of sp³-hybridized carbons (Fsp3) is 0.500. The van der Waals surface area contributed by atoms with Gasteiger partial charge in [0.2, 0.25) is 5.54 Å². The van der Waals surface area contributed by atoms with Gasteiger partial charge < -0.3 is 14.4 Å². The highest BCUT2D eigenvalue weighted by molar-refractivity contribution is 6.10. The molecule has 3 atom stereocenters. The molecule has 3 unspecified atom stereocenters. The monoisotopic (exact) mass is 407 g/mol. The average Bonchev–Trinajstić information content (AvgIpc) is 3.08.